The molecular formula is C21H17NO4S. The highest BCUT2D eigenvalue weighted by molar-refractivity contribution is 7.84. The van der Waals surface area contributed by atoms with E-state index in [0.717, 1.165) is 0 Å². The van der Waals surface area contributed by atoms with E-state index in [9.17, 15) is 13.8 Å². The molecule has 0 aromatic heterocycles. The van der Waals surface area contributed by atoms with E-state index in [-0.39, 0.29) is 5.91 Å². The van der Waals surface area contributed by atoms with Crippen molar-refractivity contribution in [2.24, 2.45) is 0 Å². The summed E-state index contributed by atoms with van der Waals surface area (Å²) < 4.78 is 16.7. The fourth-order valence-electron chi connectivity index (χ4n) is 2.35. The van der Waals surface area contributed by atoms with Crippen LogP contribution in [0.5, 0.6) is 5.75 Å². The number of hydrogen-bond acceptors (Lipinski definition) is 4. The molecule has 0 aliphatic rings. The highest BCUT2D eigenvalue weighted by atomic mass is 32.2. The van der Waals surface area contributed by atoms with Gasteiger partial charge in [0.1, 0.15) is 5.75 Å². The minimum atomic E-state index is -1.10. The van der Waals surface area contributed by atoms with Gasteiger partial charge in [-0.25, -0.2) is 4.79 Å². The van der Waals surface area contributed by atoms with Crippen molar-refractivity contribution in [2.45, 2.75) is 4.90 Å². The summed E-state index contributed by atoms with van der Waals surface area (Å²) in [6.45, 7) is 0. The largest absolute Gasteiger partial charge is 0.423 e. The lowest BCUT2D eigenvalue weighted by Crippen LogP contribution is -2.12. The van der Waals surface area contributed by atoms with Crippen LogP contribution < -0.4 is 10.1 Å². The molecule has 3 aromatic carbocycles. The summed E-state index contributed by atoms with van der Waals surface area (Å²) in [5, 5.41) is 2.78. The van der Waals surface area contributed by atoms with Crippen LogP contribution in [0.1, 0.15) is 20.7 Å². The first-order valence-corrected chi connectivity index (χ1v) is 9.71. The molecule has 136 valence electrons. The zero-order chi connectivity index (χ0) is 19.2. The van der Waals surface area contributed by atoms with E-state index in [0.29, 0.717) is 27.5 Å². The van der Waals surface area contributed by atoms with Crippen molar-refractivity contribution < 1.29 is 18.5 Å². The van der Waals surface area contributed by atoms with E-state index in [2.05, 4.69) is 5.32 Å². The van der Waals surface area contributed by atoms with Crippen LogP contribution >= 0.6 is 0 Å². The molecule has 0 saturated heterocycles. The molecule has 0 radical (unpaired) electrons. The molecule has 6 heteroatoms. The smallest absolute Gasteiger partial charge is 0.343 e. The number of hydrogen-bond donors (Lipinski definition) is 1. The number of ether oxygens (including phenoxy) is 1. The van der Waals surface area contributed by atoms with Gasteiger partial charge in [-0.15, -0.1) is 0 Å². The second-order valence-electron chi connectivity index (χ2n) is 5.71. The molecule has 0 heterocycles. The van der Waals surface area contributed by atoms with Gasteiger partial charge in [-0.3, -0.25) is 9.00 Å². The van der Waals surface area contributed by atoms with Crippen molar-refractivity contribution in [1.29, 1.82) is 0 Å². The number of carbonyl (C=O) groups is 2. The zero-order valence-electron chi connectivity index (χ0n) is 14.5. The second-order valence-corrected chi connectivity index (χ2v) is 7.09. The molecule has 5 nitrogen and oxygen atoms in total. The fraction of sp³-hybridized carbons (Fsp3) is 0.0476. The molecular weight excluding hydrogens is 362 g/mol. The number of amides is 1. The number of benzene rings is 3. The standard InChI is InChI=1S/C21H17NO4S/c1-27(25)19-13-7-16(8-14-19)21(24)26-18-11-9-17(10-12-18)22-20(23)15-5-3-2-4-6-15/h2-14H,1H3,(H,22,23). The molecule has 1 atom stereocenters. The number of nitrogens with one attached hydrogen (secondary N) is 1. The summed E-state index contributed by atoms with van der Waals surface area (Å²) in [4.78, 5) is 24.9. The van der Waals surface area contributed by atoms with Crippen LogP contribution in [0.25, 0.3) is 0 Å². The molecule has 0 fully saturated rings. The Morgan fingerprint density at radius 3 is 2.04 bits per heavy atom. The predicted octanol–water partition coefficient (Wildman–Crippen LogP) is 3.90. The van der Waals surface area contributed by atoms with Crippen LogP contribution in [-0.4, -0.2) is 22.3 Å². The lowest BCUT2D eigenvalue weighted by Gasteiger charge is -2.08. The topological polar surface area (TPSA) is 72.5 Å². The average molecular weight is 379 g/mol. The Hall–Kier alpha value is -3.25. The van der Waals surface area contributed by atoms with Gasteiger partial charge in [0.05, 0.1) is 5.56 Å². The van der Waals surface area contributed by atoms with Gasteiger partial charge in [0.25, 0.3) is 5.91 Å². The normalized spacial score (nSPS) is 11.4. The Morgan fingerprint density at radius 2 is 1.44 bits per heavy atom. The third kappa shape index (κ3) is 4.89. The molecule has 1 unspecified atom stereocenters. The van der Waals surface area contributed by atoms with E-state index in [4.69, 9.17) is 4.74 Å². The van der Waals surface area contributed by atoms with Crippen LogP contribution in [0.4, 0.5) is 5.69 Å². The Labute approximate surface area is 159 Å². The van der Waals surface area contributed by atoms with Gasteiger partial charge in [0.15, 0.2) is 0 Å². The van der Waals surface area contributed by atoms with Gasteiger partial charge < -0.3 is 10.1 Å². The summed E-state index contributed by atoms with van der Waals surface area (Å²) in [6.07, 6.45) is 1.57. The molecule has 0 aliphatic carbocycles. The summed E-state index contributed by atoms with van der Waals surface area (Å²) >= 11 is 0. The van der Waals surface area contributed by atoms with Crippen LogP contribution in [0, 0.1) is 0 Å². The molecule has 1 amide bonds. The van der Waals surface area contributed by atoms with E-state index >= 15 is 0 Å². The van der Waals surface area contributed by atoms with Crippen molar-refractivity contribution in [3.63, 3.8) is 0 Å². The van der Waals surface area contributed by atoms with Crippen molar-refractivity contribution >= 4 is 28.4 Å². The van der Waals surface area contributed by atoms with Crippen molar-refractivity contribution in [2.75, 3.05) is 11.6 Å². The maximum Gasteiger partial charge on any atom is 0.343 e. The summed E-state index contributed by atoms with van der Waals surface area (Å²) in [5.74, 6) is -0.362. The van der Waals surface area contributed by atoms with Crippen LogP contribution in [0.2, 0.25) is 0 Å². The van der Waals surface area contributed by atoms with Crippen LogP contribution in [0.15, 0.2) is 83.8 Å². The van der Waals surface area contributed by atoms with Crippen molar-refractivity contribution in [3.8, 4) is 5.75 Å². The monoisotopic (exact) mass is 379 g/mol. The average Bonchev–Trinajstić information content (AvgIpc) is 2.70. The van der Waals surface area contributed by atoms with Crippen LogP contribution in [-0.2, 0) is 10.8 Å². The minimum absolute atomic E-state index is 0.214. The number of carbonyl (C=O) groups excluding carboxylic acids is 2. The van der Waals surface area contributed by atoms with Gasteiger partial charge in [-0.2, -0.15) is 0 Å². The Morgan fingerprint density at radius 1 is 0.815 bits per heavy atom. The summed E-state index contributed by atoms with van der Waals surface area (Å²) in [6, 6.07) is 21.8. The van der Waals surface area contributed by atoms with E-state index in [1.165, 1.54) is 0 Å². The second kappa shape index (κ2) is 8.42. The van der Waals surface area contributed by atoms with E-state index < -0.39 is 16.8 Å². The van der Waals surface area contributed by atoms with Gasteiger partial charge >= 0.3 is 5.97 Å². The Balaban J connectivity index is 1.62. The third-order valence-corrected chi connectivity index (χ3v) is 4.72. The predicted molar refractivity (Wildman–Crippen MR) is 105 cm³/mol. The number of esters is 1. The SMILES string of the molecule is CS(=O)c1ccc(C(=O)Oc2ccc(NC(=O)c3ccccc3)cc2)cc1. The van der Waals surface area contributed by atoms with Gasteiger partial charge in [-0.1, -0.05) is 18.2 Å². The molecule has 1 N–H and O–H groups in total. The molecule has 3 aromatic rings. The Kier molecular flexibility index (Phi) is 5.78. The maximum absolute atomic E-state index is 12.2. The molecule has 0 saturated carbocycles. The zero-order valence-corrected chi connectivity index (χ0v) is 15.4. The molecule has 0 bridgehead atoms. The van der Waals surface area contributed by atoms with Gasteiger partial charge in [-0.05, 0) is 60.7 Å². The fourth-order valence-corrected chi connectivity index (χ4v) is 2.87. The van der Waals surface area contributed by atoms with Crippen LogP contribution in [0.3, 0.4) is 0 Å². The lowest BCUT2D eigenvalue weighted by atomic mass is 10.2. The number of rotatable bonds is 5. The third-order valence-electron chi connectivity index (χ3n) is 3.78. The lowest BCUT2D eigenvalue weighted by molar-refractivity contribution is 0.0734. The highest BCUT2D eigenvalue weighted by Crippen LogP contribution is 2.18. The van der Waals surface area contributed by atoms with E-state index in [1.807, 2.05) is 6.07 Å². The Bertz CT molecular complexity index is 967. The van der Waals surface area contributed by atoms with Gasteiger partial charge in [0.2, 0.25) is 0 Å². The van der Waals surface area contributed by atoms with Crippen molar-refractivity contribution in [1.82, 2.24) is 0 Å². The molecule has 0 aliphatic heterocycles. The molecule has 27 heavy (non-hydrogen) atoms. The first-order chi connectivity index (χ1) is 13.0. The highest BCUT2D eigenvalue weighted by Gasteiger charge is 2.10. The quantitative estimate of drug-likeness (QED) is 0.539. The first-order valence-electron chi connectivity index (χ1n) is 8.15. The minimum Gasteiger partial charge on any atom is -0.423 e. The molecule has 0 spiro atoms. The van der Waals surface area contributed by atoms with Crippen molar-refractivity contribution in [3.05, 3.63) is 90.0 Å². The summed E-state index contributed by atoms with van der Waals surface area (Å²) in [7, 11) is -1.10. The maximum atomic E-state index is 12.2. The molecule has 3 rings (SSSR count). The summed E-state index contributed by atoms with van der Waals surface area (Å²) in [5.41, 5.74) is 1.52. The first kappa shape index (κ1) is 18.5. The number of anilines is 1. The van der Waals surface area contributed by atoms with Gasteiger partial charge in [0, 0.05) is 33.2 Å². The van der Waals surface area contributed by atoms with E-state index in [1.54, 1.807) is 79.1 Å².